The van der Waals surface area contributed by atoms with Crippen LogP contribution in [0.1, 0.15) is 40.2 Å². The third kappa shape index (κ3) is 4.37. The molecule has 0 saturated carbocycles. The van der Waals surface area contributed by atoms with Crippen molar-refractivity contribution in [3.05, 3.63) is 29.8 Å². The molecule has 0 unspecified atom stereocenters. The summed E-state index contributed by atoms with van der Waals surface area (Å²) in [5, 5.41) is 0. The normalized spacial score (nSPS) is 10.3. The molecule has 0 fully saturated rings. The average Bonchev–Trinajstić information content (AvgIpc) is 2.07. The Balaban J connectivity index is 0.000000671. The zero-order valence-electron chi connectivity index (χ0n) is 9.26. The molecule has 0 bridgehead atoms. The Bertz CT molecular complexity index is 228. The van der Waals surface area contributed by atoms with Crippen LogP contribution in [0.5, 0.6) is 0 Å². The summed E-state index contributed by atoms with van der Waals surface area (Å²) in [7, 11) is 0. The molecule has 0 radical (unpaired) electrons. The molecule has 0 spiro atoms. The largest absolute Gasteiger partial charge is 0.143 e. The lowest BCUT2D eigenvalue weighted by molar-refractivity contribution is 0.590. The van der Waals surface area contributed by atoms with E-state index in [0.717, 1.165) is 4.90 Å². The highest BCUT2D eigenvalue weighted by Gasteiger charge is 2.11. The maximum Gasteiger partial charge on any atom is 0.00401 e. The molecule has 0 saturated heterocycles. The Labute approximate surface area is 87.8 Å². The quantitative estimate of drug-likeness (QED) is 0.588. The highest BCUT2D eigenvalue weighted by molar-refractivity contribution is 7.80. The van der Waals surface area contributed by atoms with Crippen LogP contribution in [0, 0.1) is 0 Å². The van der Waals surface area contributed by atoms with Crippen LogP contribution in [0.4, 0.5) is 0 Å². The highest BCUT2D eigenvalue weighted by Crippen LogP contribution is 2.22. The van der Waals surface area contributed by atoms with E-state index in [2.05, 4.69) is 45.5 Å². The van der Waals surface area contributed by atoms with Gasteiger partial charge in [0.15, 0.2) is 0 Å². The number of hydrogen-bond acceptors (Lipinski definition) is 1. The molecule has 0 aliphatic carbocycles. The van der Waals surface area contributed by atoms with E-state index in [1.54, 1.807) is 0 Å². The van der Waals surface area contributed by atoms with Crippen LogP contribution in [0.2, 0.25) is 0 Å². The van der Waals surface area contributed by atoms with E-state index in [1.807, 2.05) is 26.0 Å². The summed E-state index contributed by atoms with van der Waals surface area (Å²) in [6.45, 7) is 10.6. The van der Waals surface area contributed by atoms with Gasteiger partial charge in [0, 0.05) is 4.90 Å². The third-order valence-electron chi connectivity index (χ3n) is 1.73. The van der Waals surface area contributed by atoms with Gasteiger partial charge in [-0.3, -0.25) is 0 Å². The Hall–Kier alpha value is -0.430. The van der Waals surface area contributed by atoms with Gasteiger partial charge in [0.25, 0.3) is 0 Å². The molecular weight excluding hydrogens is 176 g/mol. The van der Waals surface area contributed by atoms with Gasteiger partial charge in [-0.25, -0.2) is 0 Å². The number of rotatable bonds is 0. The van der Waals surface area contributed by atoms with Crippen LogP contribution in [-0.2, 0) is 5.41 Å². The first kappa shape index (κ1) is 12.6. The smallest absolute Gasteiger partial charge is 0.00401 e. The van der Waals surface area contributed by atoms with Gasteiger partial charge in [-0.05, 0) is 23.1 Å². The highest BCUT2D eigenvalue weighted by atomic mass is 32.1. The van der Waals surface area contributed by atoms with Crippen LogP contribution < -0.4 is 0 Å². The van der Waals surface area contributed by atoms with E-state index in [4.69, 9.17) is 0 Å². The summed E-state index contributed by atoms with van der Waals surface area (Å²) in [5.74, 6) is 0. The molecule has 0 nitrogen and oxygen atoms in total. The van der Waals surface area contributed by atoms with E-state index in [0.29, 0.717) is 0 Å². The Morgan fingerprint density at radius 1 is 0.923 bits per heavy atom. The fourth-order valence-electron chi connectivity index (χ4n) is 0.961. The van der Waals surface area contributed by atoms with E-state index in [9.17, 15) is 0 Å². The van der Waals surface area contributed by atoms with Crippen molar-refractivity contribution in [2.75, 3.05) is 0 Å². The first-order valence-electron chi connectivity index (χ1n) is 4.79. The monoisotopic (exact) mass is 196 g/mol. The van der Waals surface area contributed by atoms with Crippen molar-refractivity contribution >= 4 is 12.6 Å². The van der Waals surface area contributed by atoms with Gasteiger partial charge in [-0.1, -0.05) is 46.8 Å². The fraction of sp³-hybridized carbons (Fsp3) is 0.500. The van der Waals surface area contributed by atoms with Crippen LogP contribution in [0.3, 0.4) is 0 Å². The first-order valence-corrected chi connectivity index (χ1v) is 5.24. The lowest BCUT2D eigenvalue weighted by atomic mass is 9.87. The molecule has 1 rings (SSSR count). The van der Waals surface area contributed by atoms with Crippen LogP contribution >= 0.6 is 12.6 Å². The Kier molecular flexibility index (Phi) is 5.16. The Morgan fingerprint density at radius 3 is 1.62 bits per heavy atom. The average molecular weight is 196 g/mol. The fourth-order valence-corrected chi connectivity index (χ4v) is 1.11. The van der Waals surface area contributed by atoms with Crippen molar-refractivity contribution in [3.8, 4) is 0 Å². The maximum atomic E-state index is 4.23. The summed E-state index contributed by atoms with van der Waals surface area (Å²) in [5.41, 5.74) is 1.61. The third-order valence-corrected chi connectivity index (χ3v) is 2.03. The predicted molar refractivity (Wildman–Crippen MR) is 63.7 cm³/mol. The van der Waals surface area contributed by atoms with Crippen LogP contribution in [0.15, 0.2) is 29.2 Å². The molecule has 1 heteroatoms. The van der Waals surface area contributed by atoms with E-state index >= 15 is 0 Å². The molecule has 0 heterocycles. The summed E-state index contributed by atoms with van der Waals surface area (Å²) in [6, 6.07) is 8.32. The second-order valence-electron chi connectivity index (χ2n) is 3.80. The minimum Gasteiger partial charge on any atom is -0.143 e. The summed E-state index contributed by atoms with van der Waals surface area (Å²) < 4.78 is 0. The second kappa shape index (κ2) is 5.33. The van der Waals surface area contributed by atoms with Gasteiger partial charge in [-0.15, -0.1) is 12.6 Å². The Morgan fingerprint density at radius 2 is 1.31 bits per heavy atom. The zero-order chi connectivity index (χ0) is 10.5. The minimum atomic E-state index is 0.251. The minimum absolute atomic E-state index is 0.251. The summed E-state index contributed by atoms with van der Waals surface area (Å²) in [6.07, 6.45) is 0. The van der Waals surface area contributed by atoms with Crippen molar-refractivity contribution < 1.29 is 0 Å². The van der Waals surface area contributed by atoms with Gasteiger partial charge < -0.3 is 0 Å². The molecule has 0 amide bonds. The van der Waals surface area contributed by atoms with E-state index in [-0.39, 0.29) is 5.41 Å². The molecule has 0 aliphatic heterocycles. The number of hydrogen-bond donors (Lipinski definition) is 1. The number of thiol groups is 1. The molecule has 74 valence electrons. The van der Waals surface area contributed by atoms with Crippen molar-refractivity contribution in [2.24, 2.45) is 0 Å². The summed E-state index contributed by atoms with van der Waals surface area (Å²) in [4.78, 5) is 1.03. The standard InChI is InChI=1S/C10H14S.C2H6/c1-10(2,3)8-4-6-9(11)7-5-8;1-2/h4-7,11H,1-3H3;1-2H3. The molecule has 0 aliphatic rings. The molecule has 1 aromatic rings. The first-order chi connectivity index (χ1) is 6.00. The predicted octanol–water partition coefficient (Wildman–Crippen LogP) is 4.30. The van der Waals surface area contributed by atoms with E-state index < -0.39 is 0 Å². The maximum absolute atomic E-state index is 4.23. The zero-order valence-corrected chi connectivity index (χ0v) is 10.2. The topological polar surface area (TPSA) is 0 Å². The van der Waals surface area contributed by atoms with E-state index in [1.165, 1.54) is 5.56 Å². The molecule has 13 heavy (non-hydrogen) atoms. The molecule has 0 aromatic heterocycles. The van der Waals surface area contributed by atoms with Crippen LogP contribution in [0.25, 0.3) is 0 Å². The molecule has 0 N–H and O–H groups in total. The molecule has 1 aromatic carbocycles. The van der Waals surface area contributed by atoms with Gasteiger partial charge >= 0.3 is 0 Å². The molecule has 0 atom stereocenters. The lowest BCUT2D eigenvalue weighted by Crippen LogP contribution is -2.10. The second-order valence-corrected chi connectivity index (χ2v) is 4.31. The van der Waals surface area contributed by atoms with Crippen molar-refractivity contribution in [1.82, 2.24) is 0 Å². The SMILES string of the molecule is CC.CC(C)(C)c1ccc(S)cc1. The van der Waals surface area contributed by atoms with Gasteiger partial charge in [0.2, 0.25) is 0 Å². The summed E-state index contributed by atoms with van der Waals surface area (Å²) >= 11 is 4.23. The van der Waals surface area contributed by atoms with Crippen molar-refractivity contribution in [1.29, 1.82) is 0 Å². The number of benzene rings is 1. The van der Waals surface area contributed by atoms with Gasteiger partial charge in [-0.2, -0.15) is 0 Å². The van der Waals surface area contributed by atoms with Crippen LogP contribution in [-0.4, -0.2) is 0 Å². The van der Waals surface area contributed by atoms with Gasteiger partial charge in [0.1, 0.15) is 0 Å². The van der Waals surface area contributed by atoms with Gasteiger partial charge in [0.05, 0.1) is 0 Å². The lowest BCUT2D eigenvalue weighted by Gasteiger charge is -2.18. The van der Waals surface area contributed by atoms with Crippen molar-refractivity contribution in [3.63, 3.8) is 0 Å². The van der Waals surface area contributed by atoms with Crippen molar-refractivity contribution in [2.45, 2.75) is 44.9 Å². The molecular formula is C12H20S.